The number of nitrogens with zero attached hydrogens (tertiary/aromatic N) is 1. The molecule has 3 nitrogen and oxygen atoms in total. The van der Waals surface area contributed by atoms with Crippen LogP contribution >= 0.6 is 11.6 Å². The van der Waals surface area contributed by atoms with Gasteiger partial charge in [0.1, 0.15) is 5.15 Å². The van der Waals surface area contributed by atoms with E-state index in [9.17, 15) is 0 Å². The summed E-state index contributed by atoms with van der Waals surface area (Å²) in [6.07, 6.45) is 3.86. The molecule has 16 heavy (non-hydrogen) atoms. The topological polar surface area (TPSA) is 50.9 Å². The summed E-state index contributed by atoms with van der Waals surface area (Å²) in [5.41, 5.74) is 4.22. The van der Waals surface area contributed by atoms with Crippen LogP contribution in [-0.4, -0.2) is 4.98 Å². The quantitative estimate of drug-likeness (QED) is 0.484. The average molecular weight is 242 g/mol. The molecule has 0 saturated carbocycles. The van der Waals surface area contributed by atoms with Gasteiger partial charge in [0.2, 0.25) is 0 Å². The highest BCUT2D eigenvalue weighted by Gasteiger charge is 2.15. The third-order valence-electron chi connectivity index (χ3n) is 2.54. The zero-order valence-electron chi connectivity index (χ0n) is 10.1. The summed E-state index contributed by atoms with van der Waals surface area (Å²) in [6, 6.07) is 3.89. The van der Waals surface area contributed by atoms with Gasteiger partial charge in [-0.3, -0.25) is 11.3 Å². The van der Waals surface area contributed by atoms with E-state index >= 15 is 0 Å². The molecule has 0 radical (unpaired) electrons. The third kappa shape index (κ3) is 4.47. The molecular formula is C12H20ClN3. The highest BCUT2D eigenvalue weighted by atomic mass is 35.5. The van der Waals surface area contributed by atoms with E-state index in [0.29, 0.717) is 10.6 Å². The summed E-state index contributed by atoms with van der Waals surface area (Å²) in [4.78, 5) is 4.06. The van der Waals surface area contributed by atoms with Crippen LogP contribution in [0.5, 0.6) is 0 Å². The zero-order valence-corrected chi connectivity index (χ0v) is 10.9. The highest BCUT2D eigenvalue weighted by molar-refractivity contribution is 6.29. The van der Waals surface area contributed by atoms with Crippen molar-refractivity contribution >= 4 is 11.6 Å². The van der Waals surface area contributed by atoms with E-state index in [-0.39, 0.29) is 6.04 Å². The van der Waals surface area contributed by atoms with E-state index in [2.05, 4.69) is 31.2 Å². The molecule has 0 spiro atoms. The largest absolute Gasteiger partial charge is 0.271 e. The van der Waals surface area contributed by atoms with Crippen molar-refractivity contribution in [2.75, 3.05) is 0 Å². The van der Waals surface area contributed by atoms with E-state index < -0.39 is 0 Å². The molecule has 1 heterocycles. The van der Waals surface area contributed by atoms with Crippen molar-refractivity contribution in [3.05, 3.63) is 29.0 Å². The van der Waals surface area contributed by atoms with Gasteiger partial charge in [0, 0.05) is 12.2 Å². The molecule has 0 aromatic carbocycles. The number of nitrogens with one attached hydrogen (secondary N) is 1. The molecule has 0 fully saturated rings. The lowest BCUT2D eigenvalue weighted by Crippen LogP contribution is -2.29. The van der Waals surface area contributed by atoms with Gasteiger partial charge >= 0.3 is 0 Å². The number of pyridine rings is 1. The molecular weight excluding hydrogens is 222 g/mol. The van der Waals surface area contributed by atoms with Crippen LogP contribution in [0.4, 0.5) is 0 Å². The molecule has 1 aromatic rings. The van der Waals surface area contributed by atoms with Crippen LogP contribution in [0.2, 0.25) is 5.15 Å². The Morgan fingerprint density at radius 1 is 1.44 bits per heavy atom. The number of nitrogens with two attached hydrogens (primary N) is 1. The first-order valence-electron chi connectivity index (χ1n) is 5.50. The smallest absolute Gasteiger partial charge is 0.129 e. The Balaban J connectivity index is 2.64. The van der Waals surface area contributed by atoms with Gasteiger partial charge in [0.25, 0.3) is 0 Å². The number of halogens is 1. The predicted molar refractivity (Wildman–Crippen MR) is 68.0 cm³/mol. The number of aromatic nitrogens is 1. The molecule has 0 bridgehead atoms. The Hall–Kier alpha value is -0.640. The molecule has 0 amide bonds. The predicted octanol–water partition coefficient (Wildman–Crippen LogP) is 3.07. The van der Waals surface area contributed by atoms with Crippen LogP contribution in [0.3, 0.4) is 0 Å². The van der Waals surface area contributed by atoms with Gasteiger partial charge in [0.15, 0.2) is 0 Å². The fourth-order valence-electron chi connectivity index (χ4n) is 1.52. The standard InChI is InChI=1S/C12H20ClN3/c1-12(2,3)7-6-10(16-14)9-4-5-11(13)15-8-9/h4-5,8,10,16H,6-7,14H2,1-3H3. The van der Waals surface area contributed by atoms with Crippen LogP contribution in [0.1, 0.15) is 45.2 Å². The first kappa shape index (κ1) is 13.4. The SMILES string of the molecule is CC(C)(C)CCC(NN)c1ccc(Cl)nc1. The second kappa shape index (κ2) is 5.62. The Labute approximate surface area is 102 Å². The van der Waals surface area contributed by atoms with Crippen molar-refractivity contribution in [1.29, 1.82) is 0 Å². The van der Waals surface area contributed by atoms with E-state index in [1.165, 1.54) is 0 Å². The lowest BCUT2D eigenvalue weighted by atomic mass is 9.87. The average Bonchev–Trinajstić information content (AvgIpc) is 2.20. The zero-order chi connectivity index (χ0) is 12.2. The molecule has 90 valence electrons. The van der Waals surface area contributed by atoms with Crippen molar-refractivity contribution in [3.63, 3.8) is 0 Å². The third-order valence-corrected chi connectivity index (χ3v) is 2.76. The van der Waals surface area contributed by atoms with Gasteiger partial charge in [-0.25, -0.2) is 4.98 Å². The number of rotatable bonds is 4. The van der Waals surface area contributed by atoms with Crippen molar-refractivity contribution in [2.45, 2.75) is 39.7 Å². The van der Waals surface area contributed by atoms with E-state index in [0.717, 1.165) is 18.4 Å². The molecule has 0 aliphatic rings. The Morgan fingerprint density at radius 3 is 2.56 bits per heavy atom. The Kier molecular flexibility index (Phi) is 4.71. The summed E-state index contributed by atoms with van der Waals surface area (Å²) in [5.74, 6) is 5.56. The fourth-order valence-corrected chi connectivity index (χ4v) is 1.63. The van der Waals surface area contributed by atoms with E-state index in [1.54, 1.807) is 12.3 Å². The van der Waals surface area contributed by atoms with Gasteiger partial charge in [-0.2, -0.15) is 0 Å². The lowest BCUT2D eigenvalue weighted by molar-refractivity contribution is 0.333. The molecule has 1 atom stereocenters. The summed E-state index contributed by atoms with van der Waals surface area (Å²) >= 11 is 5.75. The summed E-state index contributed by atoms with van der Waals surface area (Å²) in [7, 11) is 0. The monoisotopic (exact) mass is 241 g/mol. The molecule has 1 unspecified atom stereocenters. The van der Waals surface area contributed by atoms with E-state index in [4.69, 9.17) is 17.4 Å². The van der Waals surface area contributed by atoms with Crippen LogP contribution in [0.15, 0.2) is 18.3 Å². The van der Waals surface area contributed by atoms with E-state index in [1.807, 2.05) is 6.07 Å². The van der Waals surface area contributed by atoms with Crippen molar-refractivity contribution < 1.29 is 0 Å². The van der Waals surface area contributed by atoms with Gasteiger partial charge in [-0.05, 0) is 29.9 Å². The minimum atomic E-state index is 0.143. The molecule has 0 aliphatic carbocycles. The molecule has 4 heteroatoms. The summed E-state index contributed by atoms with van der Waals surface area (Å²) < 4.78 is 0. The first-order valence-corrected chi connectivity index (χ1v) is 5.88. The maximum atomic E-state index is 5.75. The first-order chi connectivity index (χ1) is 7.42. The van der Waals surface area contributed by atoms with Crippen molar-refractivity contribution in [1.82, 2.24) is 10.4 Å². The van der Waals surface area contributed by atoms with Crippen LogP contribution < -0.4 is 11.3 Å². The number of hydrazine groups is 1. The van der Waals surface area contributed by atoms with Crippen LogP contribution in [0.25, 0.3) is 0 Å². The number of hydrogen-bond donors (Lipinski definition) is 2. The normalized spacial score (nSPS) is 13.8. The Bertz CT molecular complexity index is 316. The van der Waals surface area contributed by atoms with Gasteiger partial charge in [0.05, 0.1) is 0 Å². The maximum absolute atomic E-state index is 5.75. The summed E-state index contributed by atoms with van der Waals surface area (Å²) in [6.45, 7) is 6.67. The van der Waals surface area contributed by atoms with Gasteiger partial charge in [-0.15, -0.1) is 0 Å². The highest BCUT2D eigenvalue weighted by Crippen LogP contribution is 2.26. The minimum absolute atomic E-state index is 0.143. The molecule has 0 aliphatic heterocycles. The van der Waals surface area contributed by atoms with Crippen molar-refractivity contribution in [2.24, 2.45) is 11.3 Å². The molecule has 1 aromatic heterocycles. The molecule has 0 saturated heterocycles. The van der Waals surface area contributed by atoms with Gasteiger partial charge in [-0.1, -0.05) is 38.4 Å². The second-order valence-corrected chi connectivity index (χ2v) is 5.62. The molecule has 3 N–H and O–H groups in total. The van der Waals surface area contributed by atoms with Crippen molar-refractivity contribution in [3.8, 4) is 0 Å². The summed E-state index contributed by atoms with van der Waals surface area (Å²) in [5, 5.41) is 0.510. The van der Waals surface area contributed by atoms with Crippen LogP contribution in [-0.2, 0) is 0 Å². The van der Waals surface area contributed by atoms with Gasteiger partial charge < -0.3 is 0 Å². The molecule has 1 rings (SSSR count). The van der Waals surface area contributed by atoms with Crippen LogP contribution in [0, 0.1) is 5.41 Å². The number of hydrogen-bond acceptors (Lipinski definition) is 3. The Morgan fingerprint density at radius 2 is 2.12 bits per heavy atom. The maximum Gasteiger partial charge on any atom is 0.129 e. The fraction of sp³-hybridized carbons (Fsp3) is 0.583. The minimum Gasteiger partial charge on any atom is -0.271 e. The lowest BCUT2D eigenvalue weighted by Gasteiger charge is -2.22. The second-order valence-electron chi connectivity index (χ2n) is 5.23.